The summed E-state index contributed by atoms with van der Waals surface area (Å²) in [6, 6.07) is 0. The summed E-state index contributed by atoms with van der Waals surface area (Å²) < 4.78 is 41.0. The number of halogens is 4. The van der Waals surface area contributed by atoms with E-state index in [2.05, 4.69) is 11.9 Å². The van der Waals surface area contributed by atoms with E-state index in [1.165, 1.54) is 0 Å². The summed E-state index contributed by atoms with van der Waals surface area (Å²) in [5.41, 5.74) is 0. The van der Waals surface area contributed by atoms with Gasteiger partial charge in [0, 0.05) is 25.9 Å². The van der Waals surface area contributed by atoms with Gasteiger partial charge >= 0.3 is 58.6 Å². The number of aromatic nitrogens is 2. The Balaban J connectivity index is 0. The van der Waals surface area contributed by atoms with Crippen LogP contribution in [0.25, 0.3) is 0 Å². The average molecular weight is 236 g/mol. The summed E-state index contributed by atoms with van der Waals surface area (Å²) in [4.78, 5) is 4.10. The molecule has 0 spiro atoms. The summed E-state index contributed by atoms with van der Waals surface area (Å²) in [7, 11) is -3.99. The molecule has 14 heavy (non-hydrogen) atoms. The van der Waals surface area contributed by atoms with Gasteiger partial charge in [0.25, 0.3) is 0 Å². The van der Waals surface area contributed by atoms with E-state index >= 15 is 0 Å². The summed E-state index contributed by atoms with van der Waals surface area (Å²) >= 11 is 0. The fourth-order valence-electron chi connectivity index (χ4n) is 0.737. The Bertz CT molecular complexity index is 244. The molecule has 0 fully saturated rings. The van der Waals surface area contributed by atoms with Crippen molar-refractivity contribution in [3.8, 4) is 0 Å². The zero-order valence-electron chi connectivity index (χ0n) is 8.35. The first kappa shape index (κ1) is 17.0. The smallest absolute Gasteiger partial charge is 0.418 e. The first-order valence-electron chi connectivity index (χ1n) is 3.68. The summed E-state index contributed by atoms with van der Waals surface area (Å²) in [5.74, 6) is 1.14. The number of rotatable bonds is 1. The van der Waals surface area contributed by atoms with Gasteiger partial charge in [-0.05, 0) is 0 Å². The van der Waals surface area contributed by atoms with E-state index in [0.717, 1.165) is 12.2 Å². The van der Waals surface area contributed by atoms with Gasteiger partial charge in [-0.25, -0.2) is 4.98 Å². The third-order valence-electron chi connectivity index (χ3n) is 1.24. The largest absolute Gasteiger partial charge is 1.00 e. The van der Waals surface area contributed by atoms with E-state index in [4.69, 9.17) is 0 Å². The van der Waals surface area contributed by atoms with Crippen LogP contribution in [-0.4, -0.2) is 16.8 Å². The second-order valence-corrected chi connectivity index (χ2v) is 2.30. The quantitative estimate of drug-likeness (QED) is 0.465. The van der Waals surface area contributed by atoms with Crippen molar-refractivity contribution < 1.29 is 68.6 Å². The molecule has 0 unspecified atom stereocenters. The number of aryl methyl sites for hydroxylation is 2. The molecular formula is C6H10BF4KN2. The van der Waals surface area contributed by atoms with Gasteiger partial charge in [0.05, 0.1) is 0 Å². The van der Waals surface area contributed by atoms with Crippen LogP contribution in [0.2, 0.25) is 0 Å². The van der Waals surface area contributed by atoms with E-state index in [1.807, 2.05) is 24.0 Å². The molecule has 0 aliphatic carbocycles. The van der Waals surface area contributed by atoms with E-state index in [-0.39, 0.29) is 51.4 Å². The Labute approximate surface area is 123 Å². The molecule has 1 aromatic rings. The van der Waals surface area contributed by atoms with Gasteiger partial charge < -0.3 is 21.8 Å². The van der Waals surface area contributed by atoms with Gasteiger partial charge in [-0.3, -0.25) is 0 Å². The Morgan fingerprint density at radius 2 is 1.79 bits per heavy atom. The first-order valence-corrected chi connectivity index (χ1v) is 3.68. The SMILES string of the molecule is CCc1nccn1C.F[B-](F)(F)F.[K+]. The van der Waals surface area contributed by atoms with Crippen LogP contribution in [0.3, 0.4) is 0 Å². The molecule has 0 N–H and O–H groups in total. The van der Waals surface area contributed by atoms with Crippen molar-refractivity contribution in [2.24, 2.45) is 7.05 Å². The molecule has 0 bridgehead atoms. The molecule has 1 rings (SSSR count). The van der Waals surface area contributed by atoms with Gasteiger partial charge in [0.15, 0.2) is 0 Å². The monoisotopic (exact) mass is 236 g/mol. The van der Waals surface area contributed by atoms with Crippen LogP contribution in [0.1, 0.15) is 12.7 Å². The molecule has 0 saturated carbocycles. The van der Waals surface area contributed by atoms with Crippen molar-refractivity contribution in [3.05, 3.63) is 18.2 Å². The summed E-state index contributed by atoms with van der Waals surface area (Å²) in [6.45, 7) is 2.10. The van der Waals surface area contributed by atoms with Crippen LogP contribution in [0.5, 0.6) is 0 Å². The average Bonchev–Trinajstić information content (AvgIpc) is 2.31. The molecule has 76 valence electrons. The van der Waals surface area contributed by atoms with E-state index < -0.39 is 7.25 Å². The van der Waals surface area contributed by atoms with Crippen molar-refractivity contribution in [1.82, 2.24) is 9.55 Å². The van der Waals surface area contributed by atoms with Gasteiger partial charge in [-0.2, -0.15) is 0 Å². The van der Waals surface area contributed by atoms with Crippen LogP contribution in [0.4, 0.5) is 17.3 Å². The van der Waals surface area contributed by atoms with E-state index in [1.54, 1.807) is 0 Å². The molecule has 0 aromatic carbocycles. The molecule has 0 atom stereocenters. The fraction of sp³-hybridized carbons (Fsp3) is 0.500. The van der Waals surface area contributed by atoms with Crippen molar-refractivity contribution in [2.45, 2.75) is 13.3 Å². The molecule has 8 heteroatoms. The minimum Gasteiger partial charge on any atom is -0.418 e. The molecule has 2 nitrogen and oxygen atoms in total. The van der Waals surface area contributed by atoms with Crippen molar-refractivity contribution >= 4 is 7.25 Å². The van der Waals surface area contributed by atoms with Crippen LogP contribution in [-0.2, 0) is 13.5 Å². The van der Waals surface area contributed by atoms with Gasteiger partial charge in [-0.1, -0.05) is 6.92 Å². The Morgan fingerprint density at radius 1 is 1.36 bits per heavy atom. The van der Waals surface area contributed by atoms with Crippen molar-refractivity contribution in [2.75, 3.05) is 0 Å². The van der Waals surface area contributed by atoms with Crippen LogP contribution in [0, 0.1) is 0 Å². The molecule has 1 aromatic heterocycles. The second kappa shape index (κ2) is 7.86. The molecular weight excluding hydrogens is 226 g/mol. The topological polar surface area (TPSA) is 17.8 Å². The molecule has 0 saturated heterocycles. The van der Waals surface area contributed by atoms with Gasteiger partial charge in [0.2, 0.25) is 0 Å². The Hall–Kier alpha value is 0.631. The van der Waals surface area contributed by atoms with Gasteiger partial charge in [-0.15, -0.1) is 0 Å². The Morgan fingerprint density at radius 3 is 1.93 bits per heavy atom. The van der Waals surface area contributed by atoms with Crippen LogP contribution in [0.15, 0.2) is 12.4 Å². The first-order chi connectivity index (χ1) is 5.84. The summed E-state index contributed by atoms with van der Waals surface area (Å²) in [5, 5.41) is 0. The molecule has 0 amide bonds. The third-order valence-corrected chi connectivity index (χ3v) is 1.24. The molecule has 0 aliphatic heterocycles. The number of nitrogens with zero attached hydrogens (tertiary/aromatic N) is 2. The normalized spacial score (nSPS) is 9.86. The zero-order chi connectivity index (χ0) is 10.5. The number of hydrogen-bond acceptors (Lipinski definition) is 1. The summed E-state index contributed by atoms with van der Waals surface area (Å²) in [6.07, 6.45) is 4.79. The second-order valence-electron chi connectivity index (χ2n) is 2.30. The zero-order valence-corrected chi connectivity index (χ0v) is 11.5. The molecule has 0 aliphatic rings. The van der Waals surface area contributed by atoms with Crippen LogP contribution < -0.4 is 51.4 Å². The predicted molar refractivity (Wildman–Crippen MR) is 42.8 cm³/mol. The Kier molecular flexibility index (Phi) is 9.57. The maximum atomic E-state index is 9.75. The maximum absolute atomic E-state index is 9.75. The minimum atomic E-state index is -6.00. The molecule has 0 radical (unpaired) electrons. The van der Waals surface area contributed by atoms with Gasteiger partial charge in [0.1, 0.15) is 5.82 Å². The fourth-order valence-corrected chi connectivity index (χ4v) is 0.737. The van der Waals surface area contributed by atoms with Crippen LogP contribution >= 0.6 is 0 Å². The molecule has 1 heterocycles. The van der Waals surface area contributed by atoms with E-state index in [0.29, 0.717) is 0 Å². The number of imidazole rings is 1. The minimum absolute atomic E-state index is 0. The van der Waals surface area contributed by atoms with Crippen molar-refractivity contribution in [3.63, 3.8) is 0 Å². The predicted octanol–water partition coefficient (Wildman–Crippen LogP) is -0.714. The standard InChI is InChI=1S/C6H10N2.BF4.K/c1-3-6-7-4-5-8(6)2;2-1(3,4)5;/h4-5H,3H2,1-2H3;;/q;-1;+1. The van der Waals surface area contributed by atoms with Crippen molar-refractivity contribution in [1.29, 1.82) is 0 Å². The number of hydrogen-bond donors (Lipinski definition) is 0. The maximum Gasteiger partial charge on any atom is 1.00 e. The van der Waals surface area contributed by atoms with E-state index in [9.17, 15) is 17.3 Å². The third kappa shape index (κ3) is 10.7.